The standard InChI is InChI=1S/C17H24N4S/c1-12-5-6-15(13(2)9-12)7-8-19-17(18-4)21-11-16-20-10-14(3)22-16/h5-6,9-10H,7-8,11H2,1-4H3,(H2,18,19,21). The molecule has 0 radical (unpaired) electrons. The number of aromatic nitrogens is 1. The second-order valence-corrected chi connectivity index (χ2v) is 6.72. The summed E-state index contributed by atoms with van der Waals surface area (Å²) in [4.78, 5) is 9.82. The summed E-state index contributed by atoms with van der Waals surface area (Å²) in [5.74, 6) is 0.817. The summed E-state index contributed by atoms with van der Waals surface area (Å²) in [5.41, 5.74) is 4.04. The maximum absolute atomic E-state index is 4.34. The maximum atomic E-state index is 4.34. The third-order valence-corrected chi connectivity index (χ3v) is 4.40. The van der Waals surface area contributed by atoms with Crippen LogP contribution in [0.15, 0.2) is 29.4 Å². The van der Waals surface area contributed by atoms with E-state index in [-0.39, 0.29) is 0 Å². The molecular formula is C17H24N4S. The van der Waals surface area contributed by atoms with Crippen LogP contribution in [0.4, 0.5) is 0 Å². The summed E-state index contributed by atoms with van der Waals surface area (Å²) in [6, 6.07) is 6.61. The number of hydrogen-bond acceptors (Lipinski definition) is 3. The van der Waals surface area contributed by atoms with E-state index in [9.17, 15) is 0 Å². The van der Waals surface area contributed by atoms with E-state index in [1.165, 1.54) is 21.6 Å². The van der Waals surface area contributed by atoms with Crippen LogP contribution >= 0.6 is 11.3 Å². The van der Waals surface area contributed by atoms with Crippen molar-refractivity contribution in [3.63, 3.8) is 0 Å². The molecule has 0 amide bonds. The average Bonchev–Trinajstić information content (AvgIpc) is 2.90. The zero-order chi connectivity index (χ0) is 15.9. The molecule has 0 saturated heterocycles. The van der Waals surface area contributed by atoms with Crippen LogP contribution in [-0.4, -0.2) is 24.5 Å². The number of aryl methyl sites for hydroxylation is 3. The number of nitrogens with zero attached hydrogens (tertiary/aromatic N) is 2. The fourth-order valence-corrected chi connectivity index (χ4v) is 3.03. The molecule has 1 aromatic heterocycles. The molecule has 0 fully saturated rings. The van der Waals surface area contributed by atoms with E-state index in [2.05, 4.69) is 59.6 Å². The summed E-state index contributed by atoms with van der Waals surface area (Å²) >= 11 is 1.71. The highest BCUT2D eigenvalue weighted by molar-refractivity contribution is 7.11. The molecule has 5 heteroatoms. The Labute approximate surface area is 136 Å². The second kappa shape index (κ2) is 7.94. The van der Waals surface area contributed by atoms with Crippen molar-refractivity contribution in [2.75, 3.05) is 13.6 Å². The Hall–Kier alpha value is -1.88. The van der Waals surface area contributed by atoms with Crippen LogP contribution in [0, 0.1) is 20.8 Å². The number of benzene rings is 1. The van der Waals surface area contributed by atoms with Gasteiger partial charge in [-0.05, 0) is 38.3 Å². The molecule has 1 heterocycles. The van der Waals surface area contributed by atoms with Gasteiger partial charge in [0.15, 0.2) is 5.96 Å². The first-order valence-corrected chi connectivity index (χ1v) is 8.32. The van der Waals surface area contributed by atoms with E-state index in [1.807, 2.05) is 6.20 Å². The van der Waals surface area contributed by atoms with Gasteiger partial charge in [-0.25, -0.2) is 4.98 Å². The first kappa shape index (κ1) is 16.5. The highest BCUT2D eigenvalue weighted by atomic mass is 32.1. The van der Waals surface area contributed by atoms with Crippen molar-refractivity contribution in [2.24, 2.45) is 4.99 Å². The van der Waals surface area contributed by atoms with Crippen LogP contribution in [0.1, 0.15) is 26.6 Å². The summed E-state index contributed by atoms with van der Waals surface area (Å²) in [5, 5.41) is 7.73. The molecule has 0 aliphatic rings. The van der Waals surface area contributed by atoms with Gasteiger partial charge in [0.25, 0.3) is 0 Å². The first-order chi connectivity index (χ1) is 10.6. The van der Waals surface area contributed by atoms with Crippen LogP contribution in [-0.2, 0) is 13.0 Å². The third kappa shape index (κ3) is 4.84. The quantitative estimate of drug-likeness (QED) is 0.658. The molecule has 0 atom stereocenters. The van der Waals surface area contributed by atoms with Crippen LogP contribution < -0.4 is 10.6 Å². The Kier molecular flexibility index (Phi) is 5.95. The van der Waals surface area contributed by atoms with Gasteiger partial charge >= 0.3 is 0 Å². The lowest BCUT2D eigenvalue weighted by atomic mass is 10.0. The molecule has 0 bridgehead atoms. The van der Waals surface area contributed by atoms with Gasteiger partial charge in [-0.1, -0.05) is 23.8 Å². The molecule has 2 rings (SSSR count). The van der Waals surface area contributed by atoms with E-state index in [0.717, 1.165) is 23.9 Å². The highest BCUT2D eigenvalue weighted by Crippen LogP contribution is 2.11. The predicted molar refractivity (Wildman–Crippen MR) is 94.7 cm³/mol. The molecule has 0 unspecified atom stereocenters. The monoisotopic (exact) mass is 316 g/mol. The van der Waals surface area contributed by atoms with E-state index in [1.54, 1.807) is 18.4 Å². The summed E-state index contributed by atoms with van der Waals surface area (Å²) in [6.45, 7) is 7.93. The smallest absolute Gasteiger partial charge is 0.191 e. The number of aliphatic imine (C=N–C) groups is 1. The van der Waals surface area contributed by atoms with Crippen LogP contribution in [0.2, 0.25) is 0 Å². The topological polar surface area (TPSA) is 49.3 Å². The number of rotatable bonds is 5. The minimum atomic E-state index is 0.710. The van der Waals surface area contributed by atoms with Crippen molar-refractivity contribution in [1.82, 2.24) is 15.6 Å². The minimum absolute atomic E-state index is 0.710. The molecule has 2 aromatic rings. The summed E-state index contributed by atoms with van der Waals surface area (Å²) in [6.07, 6.45) is 2.89. The van der Waals surface area contributed by atoms with Gasteiger partial charge in [0, 0.05) is 24.7 Å². The highest BCUT2D eigenvalue weighted by Gasteiger charge is 2.03. The normalized spacial score (nSPS) is 11.5. The molecule has 22 heavy (non-hydrogen) atoms. The minimum Gasteiger partial charge on any atom is -0.356 e. The molecule has 0 aliphatic heterocycles. The van der Waals surface area contributed by atoms with E-state index < -0.39 is 0 Å². The van der Waals surface area contributed by atoms with E-state index in [0.29, 0.717) is 6.54 Å². The molecule has 0 spiro atoms. The van der Waals surface area contributed by atoms with Crippen LogP contribution in [0.25, 0.3) is 0 Å². The first-order valence-electron chi connectivity index (χ1n) is 7.50. The zero-order valence-corrected chi connectivity index (χ0v) is 14.5. The predicted octanol–water partition coefficient (Wildman–Crippen LogP) is 2.98. The van der Waals surface area contributed by atoms with Crippen LogP contribution in [0.5, 0.6) is 0 Å². The summed E-state index contributed by atoms with van der Waals surface area (Å²) in [7, 11) is 1.79. The lowest BCUT2D eigenvalue weighted by molar-refractivity contribution is 0.789. The van der Waals surface area contributed by atoms with Crippen LogP contribution in [0.3, 0.4) is 0 Å². The van der Waals surface area contributed by atoms with Gasteiger partial charge in [0.2, 0.25) is 0 Å². The molecule has 0 saturated carbocycles. The van der Waals surface area contributed by atoms with Gasteiger partial charge in [0.05, 0.1) is 6.54 Å². The molecule has 0 aliphatic carbocycles. The maximum Gasteiger partial charge on any atom is 0.191 e. The lowest BCUT2D eigenvalue weighted by Crippen LogP contribution is -2.37. The Bertz CT molecular complexity index is 646. The fourth-order valence-electron chi connectivity index (χ4n) is 2.30. The second-order valence-electron chi connectivity index (χ2n) is 5.40. The van der Waals surface area contributed by atoms with Crippen molar-refractivity contribution in [1.29, 1.82) is 0 Å². The van der Waals surface area contributed by atoms with E-state index in [4.69, 9.17) is 0 Å². The van der Waals surface area contributed by atoms with Crippen molar-refractivity contribution in [2.45, 2.75) is 33.7 Å². The summed E-state index contributed by atoms with van der Waals surface area (Å²) < 4.78 is 0. The van der Waals surface area contributed by atoms with Gasteiger partial charge < -0.3 is 10.6 Å². The number of thiazole rings is 1. The Balaban J connectivity index is 1.79. The number of hydrogen-bond donors (Lipinski definition) is 2. The fraction of sp³-hybridized carbons (Fsp3) is 0.412. The van der Waals surface area contributed by atoms with Crippen molar-refractivity contribution >= 4 is 17.3 Å². The molecule has 2 N–H and O–H groups in total. The largest absolute Gasteiger partial charge is 0.356 e. The third-order valence-electron chi connectivity index (χ3n) is 3.48. The molecule has 118 valence electrons. The number of guanidine groups is 1. The van der Waals surface area contributed by atoms with Gasteiger partial charge in [0.1, 0.15) is 5.01 Å². The molecule has 4 nitrogen and oxygen atoms in total. The lowest BCUT2D eigenvalue weighted by Gasteiger charge is -2.12. The van der Waals surface area contributed by atoms with Gasteiger partial charge in [-0.3, -0.25) is 4.99 Å². The Morgan fingerprint density at radius 3 is 2.68 bits per heavy atom. The zero-order valence-electron chi connectivity index (χ0n) is 13.7. The average molecular weight is 316 g/mol. The SMILES string of the molecule is CN=C(NCCc1ccc(C)cc1C)NCc1ncc(C)s1. The van der Waals surface area contributed by atoms with Gasteiger partial charge in [-0.2, -0.15) is 0 Å². The molecule has 1 aromatic carbocycles. The van der Waals surface area contributed by atoms with E-state index >= 15 is 0 Å². The van der Waals surface area contributed by atoms with Crippen molar-refractivity contribution < 1.29 is 0 Å². The Morgan fingerprint density at radius 1 is 1.23 bits per heavy atom. The molecular weight excluding hydrogens is 292 g/mol. The van der Waals surface area contributed by atoms with Crippen molar-refractivity contribution in [3.8, 4) is 0 Å². The number of nitrogens with one attached hydrogen (secondary N) is 2. The van der Waals surface area contributed by atoms with Crippen molar-refractivity contribution in [3.05, 3.63) is 51.0 Å². The van der Waals surface area contributed by atoms with Gasteiger partial charge in [-0.15, -0.1) is 11.3 Å². The Morgan fingerprint density at radius 2 is 2.05 bits per heavy atom.